The molecule has 0 fully saturated rings. The highest BCUT2D eigenvalue weighted by atomic mass is 19.4. The third-order valence-electron chi connectivity index (χ3n) is 5.75. The van der Waals surface area contributed by atoms with Crippen molar-refractivity contribution in [3.63, 3.8) is 0 Å². The van der Waals surface area contributed by atoms with Gasteiger partial charge in [0.15, 0.2) is 0 Å². The minimum absolute atomic E-state index is 0.117. The molecule has 4 rings (SSSR count). The molecule has 0 aliphatic carbocycles. The van der Waals surface area contributed by atoms with Gasteiger partial charge in [0.2, 0.25) is 5.91 Å². The number of carbonyl (C=O) groups excluding carboxylic acids is 1. The number of hydrogen-bond acceptors (Lipinski definition) is 4. The van der Waals surface area contributed by atoms with Gasteiger partial charge >= 0.3 is 17.8 Å². The summed E-state index contributed by atoms with van der Waals surface area (Å²) >= 11 is 0. The first-order valence-corrected chi connectivity index (χ1v) is 11.2. The SMILES string of the molecule is Cc1cc2oc(=O)c(CC(=O)Nc3ccc(F)cc3C(F)(F)F)c(-c3ccccc3)c2cc1C=CC(=O)O. The monoisotopic (exact) mass is 525 g/mol. The van der Waals surface area contributed by atoms with E-state index in [0.717, 1.165) is 18.2 Å². The average Bonchev–Trinajstić information content (AvgIpc) is 2.84. The van der Waals surface area contributed by atoms with Crippen molar-refractivity contribution in [2.75, 3.05) is 5.32 Å². The standard InChI is InChI=1S/C28H19F4NO5/c1-15-11-23-19(12-17(15)7-10-25(35)36)26(16-5-3-2-4-6-16)20(27(37)38-23)14-24(34)33-22-9-8-18(29)13-21(22)28(30,31)32/h2-13H,14H2,1H3,(H,33,34)(H,35,36). The number of nitrogens with one attached hydrogen (secondary N) is 1. The molecular weight excluding hydrogens is 506 g/mol. The molecule has 0 aliphatic rings. The van der Waals surface area contributed by atoms with Crippen molar-refractivity contribution in [2.45, 2.75) is 19.5 Å². The molecule has 194 valence electrons. The van der Waals surface area contributed by atoms with E-state index in [2.05, 4.69) is 5.32 Å². The highest BCUT2D eigenvalue weighted by Crippen LogP contribution is 2.36. The maximum Gasteiger partial charge on any atom is 0.418 e. The zero-order valence-corrected chi connectivity index (χ0v) is 19.7. The number of alkyl halides is 3. The zero-order chi connectivity index (χ0) is 27.6. The van der Waals surface area contributed by atoms with Crippen LogP contribution in [0.3, 0.4) is 0 Å². The molecule has 0 saturated heterocycles. The zero-order valence-electron chi connectivity index (χ0n) is 19.7. The van der Waals surface area contributed by atoms with Crippen LogP contribution < -0.4 is 10.9 Å². The van der Waals surface area contributed by atoms with E-state index in [1.54, 1.807) is 49.4 Å². The van der Waals surface area contributed by atoms with E-state index < -0.39 is 47.2 Å². The van der Waals surface area contributed by atoms with E-state index in [-0.39, 0.29) is 17.2 Å². The van der Waals surface area contributed by atoms with E-state index in [4.69, 9.17) is 9.52 Å². The van der Waals surface area contributed by atoms with Gasteiger partial charge in [0, 0.05) is 17.0 Å². The first kappa shape index (κ1) is 26.3. The van der Waals surface area contributed by atoms with E-state index in [9.17, 15) is 31.9 Å². The van der Waals surface area contributed by atoms with Gasteiger partial charge in [-0.3, -0.25) is 4.79 Å². The summed E-state index contributed by atoms with van der Waals surface area (Å²) in [6.45, 7) is 1.70. The fraction of sp³-hybridized carbons (Fsp3) is 0.107. The molecule has 6 nitrogen and oxygen atoms in total. The molecule has 0 bridgehead atoms. The van der Waals surface area contributed by atoms with Gasteiger partial charge in [0.05, 0.1) is 23.2 Å². The van der Waals surface area contributed by atoms with Crippen LogP contribution in [0.5, 0.6) is 0 Å². The predicted molar refractivity (Wildman–Crippen MR) is 133 cm³/mol. The van der Waals surface area contributed by atoms with Crippen LogP contribution in [0, 0.1) is 12.7 Å². The van der Waals surface area contributed by atoms with Crippen molar-refractivity contribution in [3.8, 4) is 11.1 Å². The number of carboxylic acids is 1. The summed E-state index contributed by atoms with van der Waals surface area (Å²) in [5.41, 5.74) is -0.849. The summed E-state index contributed by atoms with van der Waals surface area (Å²) < 4.78 is 59.1. The largest absolute Gasteiger partial charge is 0.478 e. The number of halogens is 4. The number of carboxylic acid groups (broad SMARTS) is 1. The molecule has 2 N–H and O–H groups in total. The van der Waals surface area contributed by atoms with Gasteiger partial charge in [-0.2, -0.15) is 13.2 Å². The Hall–Kier alpha value is -4.73. The topological polar surface area (TPSA) is 96.6 Å². The van der Waals surface area contributed by atoms with Gasteiger partial charge in [-0.05, 0) is 60.0 Å². The van der Waals surface area contributed by atoms with E-state index >= 15 is 0 Å². The maximum absolute atomic E-state index is 13.5. The molecule has 0 atom stereocenters. The van der Waals surface area contributed by atoms with Crippen LogP contribution in [0.15, 0.2) is 76.0 Å². The van der Waals surface area contributed by atoms with E-state index in [0.29, 0.717) is 27.6 Å². The highest BCUT2D eigenvalue weighted by molar-refractivity contribution is 6.00. The fourth-order valence-corrected chi connectivity index (χ4v) is 4.05. The van der Waals surface area contributed by atoms with Crippen molar-refractivity contribution in [1.82, 2.24) is 0 Å². The van der Waals surface area contributed by atoms with Gasteiger partial charge in [-0.15, -0.1) is 0 Å². The number of hydrogen-bond donors (Lipinski definition) is 2. The van der Waals surface area contributed by atoms with Gasteiger partial charge in [0.25, 0.3) is 0 Å². The summed E-state index contributed by atoms with van der Waals surface area (Å²) in [4.78, 5) is 36.9. The van der Waals surface area contributed by atoms with Crippen LogP contribution in [-0.4, -0.2) is 17.0 Å². The van der Waals surface area contributed by atoms with Crippen LogP contribution in [0.2, 0.25) is 0 Å². The number of aliphatic carboxylic acids is 1. The number of anilines is 1. The number of amides is 1. The molecular formula is C28H19F4NO5. The summed E-state index contributed by atoms with van der Waals surface area (Å²) in [5, 5.41) is 11.5. The van der Waals surface area contributed by atoms with Crippen LogP contribution in [0.25, 0.3) is 28.2 Å². The Kier molecular flexibility index (Phi) is 7.16. The second-order valence-corrected chi connectivity index (χ2v) is 8.40. The molecule has 0 saturated carbocycles. The normalized spacial score (nSPS) is 11.7. The summed E-state index contributed by atoms with van der Waals surface area (Å²) in [6, 6.07) is 13.5. The lowest BCUT2D eigenvalue weighted by atomic mass is 9.93. The Morgan fingerprint density at radius 2 is 1.76 bits per heavy atom. The Labute approximate surface area is 212 Å². The average molecular weight is 525 g/mol. The van der Waals surface area contributed by atoms with Gasteiger partial charge < -0.3 is 14.8 Å². The smallest absolute Gasteiger partial charge is 0.418 e. The first-order chi connectivity index (χ1) is 17.9. The number of benzene rings is 3. The molecule has 0 spiro atoms. The Balaban J connectivity index is 1.85. The van der Waals surface area contributed by atoms with Crippen LogP contribution in [0.4, 0.5) is 23.2 Å². The second-order valence-electron chi connectivity index (χ2n) is 8.40. The van der Waals surface area contributed by atoms with Crippen molar-refractivity contribution in [1.29, 1.82) is 0 Å². The number of rotatable bonds is 6. The van der Waals surface area contributed by atoms with Gasteiger partial charge in [0.1, 0.15) is 11.4 Å². The minimum Gasteiger partial charge on any atom is -0.478 e. The lowest BCUT2D eigenvalue weighted by Crippen LogP contribution is -2.22. The van der Waals surface area contributed by atoms with E-state index in [1.165, 1.54) is 6.08 Å². The number of fused-ring (bicyclic) bond motifs is 1. The number of carbonyl (C=O) groups is 2. The molecule has 0 unspecified atom stereocenters. The lowest BCUT2D eigenvalue weighted by molar-refractivity contribution is -0.137. The maximum atomic E-state index is 13.5. The Bertz CT molecular complexity index is 1640. The Morgan fingerprint density at radius 1 is 1.05 bits per heavy atom. The predicted octanol–water partition coefficient (Wildman–Crippen LogP) is 6.21. The van der Waals surface area contributed by atoms with Crippen molar-refractivity contribution < 1.29 is 36.7 Å². The third-order valence-corrected chi connectivity index (χ3v) is 5.75. The highest BCUT2D eigenvalue weighted by Gasteiger charge is 2.34. The molecule has 1 amide bonds. The summed E-state index contributed by atoms with van der Waals surface area (Å²) in [7, 11) is 0. The summed E-state index contributed by atoms with van der Waals surface area (Å²) in [6.07, 6.45) is -3.26. The number of aryl methyl sites for hydroxylation is 1. The van der Waals surface area contributed by atoms with Crippen molar-refractivity contribution in [3.05, 3.63) is 105 Å². The van der Waals surface area contributed by atoms with Crippen LogP contribution in [-0.2, 0) is 22.2 Å². The first-order valence-electron chi connectivity index (χ1n) is 11.2. The quantitative estimate of drug-likeness (QED) is 0.177. The Morgan fingerprint density at radius 3 is 2.42 bits per heavy atom. The molecule has 3 aromatic carbocycles. The van der Waals surface area contributed by atoms with Crippen molar-refractivity contribution in [2.24, 2.45) is 0 Å². The fourth-order valence-electron chi connectivity index (χ4n) is 4.05. The second kappa shape index (κ2) is 10.3. The molecule has 4 aromatic rings. The summed E-state index contributed by atoms with van der Waals surface area (Å²) in [5.74, 6) is -3.24. The van der Waals surface area contributed by atoms with Crippen LogP contribution >= 0.6 is 0 Å². The molecule has 1 aromatic heterocycles. The van der Waals surface area contributed by atoms with Crippen LogP contribution in [0.1, 0.15) is 22.3 Å². The molecule has 0 radical (unpaired) electrons. The molecule has 0 aliphatic heterocycles. The van der Waals surface area contributed by atoms with Crippen molar-refractivity contribution >= 4 is 34.6 Å². The molecule has 1 heterocycles. The lowest BCUT2D eigenvalue weighted by Gasteiger charge is -2.16. The van der Waals surface area contributed by atoms with E-state index in [1.807, 2.05) is 0 Å². The van der Waals surface area contributed by atoms with Gasteiger partial charge in [-0.25, -0.2) is 14.0 Å². The third kappa shape index (κ3) is 5.64. The molecule has 10 heteroatoms. The molecule has 38 heavy (non-hydrogen) atoms. The van der Waals surface area contributed by atoms with Gasteiger partial charge in [-0.1, -0.05) is 30.3 Å². The minimum atomic E-state index is -4.93.